The lowest BCUT2D eigenvalue weighted by Crippen LogP contribution is -2.33. The van der Waals surface area contributed by atoms with Crippen molar-refractivity contribution in [2.45, 2.75) is 6.54 Å². The summed E-state index contributed by atoms with van der Waals surface area (Å²) in [5, 5.41) is 3.30. The Kier molecular flexibility index (Phi) is 5.26. The van der Waals surface area contributed by atoms with E-state index in [1.54, 1.807) is 11.9 Å². The molecule has 7 heteroatoms. The number of hydrogen-bond donors (Lipinski definition) is 3. The maximum atomic E-state index is 11.7. The van der Waals surface area contributed by atoms with Crippen molar-refractivity contribution in [2.24, 2.45) is 4.99 Å². The van der Waals surface area contributed by atoms with Gasteiger partial charge in [0.25, 0.3) is 5.56 Å². The van der Waals surface area contributed by atoms with Gasteiger partial charge in [-0.25, -0.2) is 4.79 Å². The van der Waals surface area contributed by atoms with Crippen molar-refractivity contribution >= 4 is 18.2 Å². The normalized spacial score (nSPS) is 10.4. The average molecular weight is 301 g/mol. The highest BCUT2D eigenvalue weighted by Crippen LogP contribution is 2.17. The largest absolute Gasteiger partial charge is 0.358 e. The number of anilines is 1. The summed E-state index contributed by atoms with van der Waals surface area (Å²) in [6.07, 6.45) is 0. The van der Waals surface area contributed by atoms with Crippen molar-refractivity contribution in [1.82, 2.24) is 15.3 Å². The van der Waals surface area contributed by atoms with Crippen LogP contribution in [0.3, 0.4) is 0 Å². The van der Waals surface area contributed by atoms with Crippen LogP contribution in [0, 0.1) is 0 Å². The molecule has 0 aliphatic carbocycles. The second-order valence-corrected chi connectivity index (χ2v) is 4.85. The molecule has 0 fully saturated rings. The maximum Gasteiger partial charge on any atom is 0.327 e. The molecule has 0 saturated heterocycles. The first-order valence-corrected chi connectivity index (χ1v) is 6.91. The Hall–Kier alpha value is -2.67. The summed E-state index contributed by atoms with van der Waals surface area (Å²) in [4.78, 5) is 33.2. The molecular formula is C15H19N5O2. The predicted molar refractivity (Wildman–Crippen MR) is 88.3 cm³/mol. The minimum Gasteiger partial charge on any atom is -0.358 e. The molecule has 2 rings (SSSR count). The summed E-state index contributed by atoms with van der Waals surface area (Å²) < 4.78 is 0. The molecule has 116 valence electrons. The van der Waals surface area contributed by atoms with Gasteiger partial charge in [0.1, 0.15) is 5.82 Å². The number of aromatic nitrogens is 2. The van der Waals surface area contributed by atoms with E-state index in [2.05, 4.69) is 27.0 Å². The third-order valence-corrected chi connectivity index (χ3v) is 3.23. The third kappa shape index (κ3) is 3.92. The molecule has 1 aromatic carbocycles. The summed E-state index contributed by atoms with van der Waals surface area (Å²) in [7, 11) is 1.78. The van der Waals surface area contributed by atoms with Crippen LogP contribution in [0.5, 0.6) is 0 Å². The molecule has 0 aliphatic heterocycles. The third-order valence-electron chi connectivity index (χ3n) is 3.23. The Bertz CT molecular complexity index is 736. The van der Waals surface area contributed by atoms with Crippen LogP contribution in [0.25, 0.3) is 0 Å². The predicted octanol–water partition coefficient (Wildman–Crippen LogP) is 0.621. The molecule has 7 nitrogen and oxygen atoms in total. The van der Waals surface area contributed by atoms with Gasteiger partial charge >= 0.3 is 5.69 Å². The van der Waals surface area contributed by atoms with E-state index in [4.69, 9.17) is 0 Å². The van der Waals surface area contributed by atoms with E-state index in [1.165, 1.54) is 5.56 Å². The summed E-state index contributed by atoms with van der Waals surface area (Å²) in [5.74, 6) is 0.366. The second-order valence-electron chi connectivity index (χ2n) is 4.85. The number of aliphatic imine (C=N–C) groups is 1. The lowest BCUT2D eigenvalue weighted by molar-refractivity contribution is 0.676. The lowest BCUT2D eigenvalue weighted by Gasteiger charge is -2.19. The van der Waals surface area contributed by atoms with Gasteiger partial charge < -0.3 is 10.2 Å². The molecule has 3 N–H and O–H groups in total. The molecule has 0 amide bonds. The second kappa shape index (κ2) is 7.37. The Labute approximate surface area is 127 Å². The molecule has 0 spiro atoms. The van der Waals surface area contributed by atoms with E-state index >= 15 is 0 Å². The number of nitrogens with zero attached hydrogens (tertiary/aromatic N) is 2. The summed E-state index contributed by atoms with van der Waals surface area (Å²) in [6, 6.07) is 10.1. The number of likely N-dealkylation sites (N-methyl/N-ethyl adjacent to an activating group) is 1. The molecule has 1 heterocycles. The Morgan fingerprint density at radius 2 is 1.95 bits per heavy atom. The van der Waals surface area contributed by atoms with Crippen molar-refractivity contribution in [3.8, 4) is 0 Å². The molecule has 0 atom stereocenters. The molecular weight excluding hydrogens is 282 g/mol. The monoisotopic (exact) mass is 301 g/mol. The smallest absolute Gasteiger partial charge is 0.327 e. The zero-order chi connectivity index (χ0) is 15.9. The average Bonchev–Trinajstić information content (AvgIpc) is 2.51. The first kappa shape index (κ1) is 15.7. The van der Waals surface area contributed by atoms with Crippen LogP contribution in [0.2, 0.25) is 0 Å². The van der Waals surface area contributed by atoms with E-state index in [1.807, 2.05) is 30.3 Å². The van der Waals surface area contributed by atoms with Gasteiger partial charge in [-0.3, -0.25) is 19.8 Å². The van der Waals surface area contributed by atoms with Crippen molar-refractivity contribution in [2.75, 3.05) is 25.0 Å². The molecule has 0 unspecified atom stereocenters. The van der Waals surface area contributed by atoms with Crippen LogP contribution in [0.1, 0.15) is 5.56 Å². The Balaban J connectivity index is 1.95. The van der Waals surface area contributed by atoms with Crippen molar-refractivity contribution in [1.29, 1.82) is 0 Å². The molecule has 22 heavy (non-hydrogen) atoms. The van der Waals surface area contributed by atoms with E-state index < -0.39 is 11.2 Å². The Morgan fingerprint density at radius 1 is 1.23 bits per heavy atom. The molecule has 0 aliphatic rings. The van der Waals surface area contributed by atoms with Gasteiger partial charge in [0.15, 0.2) is 5.69 Å². The highest BCUT2D eigenvalue weighted by Gasteiger charge is 2.11. The molecule has 2 aromatic rings. The minimum atomic E-state index is -0.559. The van der Waals surface area contributed by atoms with Crippen LogP contribution in [0.15, 0.2) is 44.9 Å². The summed E-state index contributed by atoms with van der Waals surface area (Å²) in [5.41, 5.74) is 0.211. The van der Waals surface area contributed by atoms with Crippen LogP contribution < -0.4 is 21.5 Å². The fourth-order valence-corrected chi connectivity index (χ4v) is 2.08. The number of hydrogen-bond acceptors (Lipinski definition) is 5. The van der Waals surface area contributed by atoms with Crippen molar-refractivity contribution in [3.05, 3.63) is 56.7 Å². The van der Waals surface area contributed by atoms with Crippen molar-refractivity contribution in [3.63, 3.8) is 0 Å². The summed E-state index contributed by atoms with van der Waals surface area (Å²) in [6.45, 7) is 5.42. The maximum absolute atomic E-state index is 11.7. The van der Waals surface area contributed by atoms with E-state index in [-0.39, 0.29) is 5.69 Å². The molecule has 0 saturated carbocycles. The fraction of sp³-hybridized carbons (Fsp3) is 0.267. The molecule has 0 radical (unpaired) electrons. The highest BCUT2D eigenvalue weighted by molar-refractivity contribution is 5.62. The molecule has 0 bridgehead atoms. The van der Waals surface area contributed by atoms with Gasteiger partial charge in [-0.1, -0.05) is 30.3 Å². The van der Waals surface area contributed by atoms with Gasteiger partial charge in [0.05, 0.1) is 0 Å². The van der Waals surface area contributed by atoms with Gasteiger partial charge in [0, 0.05) is 26.7 Å². The Morgan fingerprint density at radius 3 is 2.64 bits per heavy atom. The lowest BCUT2D eigenvalue weighted by atomic mass is 10.2. The van der Waals surface area contributed by atoms with Gasteiger partial charge in [-0.2, -0.15) is 0 Å². The van der Waals surface area contributed by atoms with Crippen LogP contribution in [-0.2, 0) is 6.54 Å². The fourth-order valence-electron chi connectivity index (χ4n) is 2.08. The first-order valence-electron chi connectivity index (χ1n) is 6.91. The molecule has 1 aromatic heterocycles. The van der Waals surface area contributed by atoms with Crippen LogP contribution in [0.4, 0.5) is 11.5 Å². The number of H-pyrrole nitrogens is 2. The van der Waals surface area contributed by atoms with E-state index in [9.17, 15) is 9.59 Å². The van der Waals surface area contributed by atoms with E-state index in [0.29, 0.717) is 18.9 Å². The van der Waals surface area contributed by atoms with E-state index in [0.717, 1.165) is 6.54 Å². The number of rotatable bonds is 7. The minimum absolute atomic E-state index is 0.116. The number of benzene rings is 1. The van der Waals surface area contributed by atoms with Gasteiger partial charge in [-0.15, -0.1) is 0 Å². The van der Waals surface area contributed by atoms with Crippen LogP contribution in [-0.4, -0.2) is 36.8 Å². The zero-order valence-electron chi connectivity index (χ0n) is 12.4. The highest BCUT2D eigenvalue weighted by atomic mass is 16.2. The van der Waals surface area contributed by atoms with Gasteiger partial charge in [0.2, 0.25) is 0 Å². The quantitative estimate of drug-likeness (QED) is 0.516. The van der Waals surface area contributed by atoms with Crippen LogP contribution >= 0.6 is 0 Å². The zero-order valence-corrected chi connectivity index (χ0v) is 12.4. The van der Waals surface area contributed by atoms with Gasteiger partial charge in [-0.05, 0) is 12.3 Å². The summed E-state index contributed by atoms with van der Waals surface area (Å²) >= 11 is 0. The topological polar surface area (TPSA) is 93.3 Å². The standard InChI is InChI=1S/C15H19N5O2/c1-16-12-13(18-15(22)19-14(12)21)20(2)9-8-17-10-11-6-4-3-5-7-11/h3-7,17H,1,8-10H2,2H3,(H2,18,19,21,22). The van der Waals surface area contributed by atoms with Crippen molar-refractivity contribution < 1.29 is 0 Å². The first-order chi connectivity index (χ1) is 10.6. The SMILES string of the molecule is C=Nc1c(N(C)CCNCc2ccccc2)[nH]c(=O)[nH]c1=O. The number of aromatic amines is 2. The number of nitrogens with one attached hydrogen (secondary N) is 3.